The fraction of sp³-hybridized carbons (Fsp3) is 0.455. The highest BCUT2D eigenvalue weighted by molar-refractivity contribution is 5.85. The molecule has 0 aromatic carbocycles. The van der Waals surface area contributed by atoms with Crippen molar-refractivity contribution in [1.82, 2.24) is 15.2 Å². The van der Waals surface area contributed by atoms with Crippen molar-refractivity contribution in [2.24, 2.45) is 0 Å². The summed E-state index contributed by atoms with van der Waals surface area (Å²) in [4.78, 5) is 17.1. The van der Waals surface area contributed by atoms with Crippen molar-refractivity contribution in [2.75, 3.05) is 14.1 Å². The van der Waals surface area contributed by atoms with Crippen molar-refractivity contribution in [2.45, 2.75) is 19.5 Å². The Kier molecular flexibility index (Phi) is 6.69. The van der Waals surface area contributed by atoms with E-state index in [2.05, 4.69) is 10.3 Å². The van der Waals surface area contributed by atoms with Crippen LogP contribution in [0.4, 0.5) is 0 Å². The van der Waals surface area contributed by atoms with Crippen molar-refractivity contribution in [1.29, 1.82) is 0 Å². The molecule has 1 amide bonds. The average Bonchev–Trinajstić information content (AvgIpc) is 2.26. The molecule has 16 heavy (non-hydrogen) atoms. The Balaban J connectivity index is 0.00000225. The molecular weight excluding hydrogens is 226 g/mol. The highest BCUT2D eigenvalue weighted by Crippen LogP contribution is 1.96. The normalized spacial score (nSPS) is 11.4. The van der Waals surface area contributed by atoms with E-state index in [-0.39, 0.29) is 24.4 Å². The van der Waals surface area contributed by atoms with Gasteiger partial charge in [0.2, 0.25) is 5.91 Å². The number of nitrogens with one attached hydrogen (secondary N) is 1. The summed E-state index contributed by atoms with van der Waals surface area (Å²) in [7, 11) is 3.51. The van der Waals surface area contributed by atoms with Crippen LogP contribution in [0.15, 0.2) is 24.5 Å². The van der Waals surface area contributed by atoms with Gasteiger partial charge in [-0.15, -0.1) is 12.4 Å². The van der Waals surface area contributed by atoms with E-state index in [0.29, 0.717) is 6.54 Å². The Morgan fingerprint density at radius 2 is 2.25 bits per heavy atom. The molecular formula is C11H18ClN3O. The maximum atomic E-state index is 11.5. The van der Waals surface area contributed by atoms with Crippen LogP contribution in [0, 0.1) is 0 Å². The van der Waals surface area contributed by atoms with Crippen molar-refractivity contribution in [3.05, 3.63) is 30.1 Å². The third-order valence-electron chi connectivity index (χ3n) is 2.15. The molecule has 0 aliphatic heterocycles. The van der Waals surface area contributed by atoms with E-state index >= 15 is 0 Å². The van der Waals surface area contributed by atoms with E-state index < -0.39 is 0 Å². The van der Waals surface area contributed by atoms with Crippen LogP contribution in [-0.4, -0.2) is 35.9 Å². The predicted octanol–water partition coefficient (Wildman–Crippen LogP) is 1.07. The Bertz CT molecular complexity index is 316. The quantitative estimate of drug-likeness (QED) is 0.861. The first-order valence-electron chi connectivity index (χ1n) is 4.94. The SMILES string of the molecule is C[C@@H](NCc1cccnc1)C(=O)N(C)C.Cl. The second-order valence-electron chi connectivity index (χ2n) is 3.70. The fourth-order valence-electron chi connectivity index (χ4n) is 1.25. The lowest BCUT2D eigenvalue weighted by atomic mass is 10.2. The molecule has 1 rings (SSSR count). The number of aromatic nitrogens is 1. The molecule has 0 spiro atoms. The molecule has 4 nitrogen and oxygen atoms in total. The van der Waals surface area contributed by atoms with Gasteiger partial charge in [0.05, 0.1) is 6.04 Å². The predicted molar refractivity (Wildman–Crippen MR) is 66.5 cm³/mol. The van der Waals surface area contributed by atoms with Crippen LogP contribution >= 0.6 is 12.4 Å². The molecule has 0 aliphatic carbocycles. The summed E-state index contributed by atoms with van der Waals surface area (Å²) in [5.41, 5.74) is 1.08. The van der Waals surface area contributed by atoms with Gasteiger partial charge in [-0.05, 0) is 18.6 Å². The minimum absolute atomic E-state index is 0. The zero-order valence-electron chi connectivity index (χ0n) is 9.80. The highest BCUT2D eigenvalue weighted by Gasteiger charge is 2.13. The maximum Gasteiger partial charge on any atom is 0.238 e. The van der Waals surface area contributed by atoms with Gasteiger partial charge in [-0.3, -0.25) is 9.78 Å². The minimum atomic E-state index is -0.166. The smallest absolute Gasteiger partial charge is 0.238 e. The molecule has 5 heteroatoms. The second kappa shape index (κ2) is 7.19. The Labute approximate surface area is 102 Å². The molecule has 0 fully saturated rings. The third-order valence-corrected chi connectivity index (χ3v) is 2.15. The number of carbonyl (C=O) groups excluding carboxylic acids is 1. The average molecular weight is 244 g/mol. The molecule has 1 aromatic heterocycles. The third kappa shape index (κ3) is 4.59. The number of hydrogen-bond acceptors (Lipinski definition) is 3. The largest absolute Gasteiger partial charge is 0.347 e. The van der Waals surface area contributed by atoms with Crippen LogP contribution in [0.2, 0.25) is 0 Å². The lowest BCUT2D eigenvalue weighted by Crippen LogP contribution is -2.41. The first-order valence-corrected chi connectivity index (χ1v) is 4.94. The van der Waals surface area contributed by atoms with Gasteiger partial charge in [-0.1, -0.05) is 6.07 Å². The summed E-state index contributed by atoms with van der Waals surface area (Å²) in [6.07, 6.45) is 3.53. The van der Waals surface area contributed by atoms with Gasteiger partial charge < -0.3 is 10.2 Å². The molecule has 1 atom stereocenters. The van der Waals surface area contributed by atoms with E-state index in [4.69, 9.17) is 0 Å². The van der Waals surface area contributed by atoms with E-state index in [9.17, 15) is 4.79 Å². The number of halogens is 1. The molecule has 0 aliphatic rings. The van der Waals surface area contributed by atoms with E-state index in [1.165, 1.54) is 0 Å². The number of pyridine rings is 1. The first-order chi connectivity index (χ1) is 7.11. The number of nitrogens with zero attached hydrogens (tertiary/aromatic N) is 2. The summed E-state index contributed by atoms with van der Waals surface area (Å²) in [5, 5.41) is 3.15. The highest BCUT2D eigenvalue weighted by atomic mass is 35.5. The Morgan fingerprint density at radius 3 is 2.75 bits per heavy atom. The maximum absolute atomic E-state index is 11.5. The van der Waals surface area contributed by atoms with Gasteiger partial charge in [0.15, 0.2) is 0 Å². The lowest BCUT2D eigenvalue weighted by molar-refractivity contribution is -0.130. The number of likely N-dealkylation sites (N-methyl/N-ethyl adjacent to an activating group) is 1. The van der Waals surface area contributed by atoms with Crippen LogP contribution in [0.1, 0.15) is 12.5 Å². The second-order valence-corrected chi connectivity index (χ2v) is 3.70. The standard InChI is InChI=1S/C11H17N3O.ClH/c1-9(11(15)14(2)3)13-8-10-5-4-6-12-7-10;/h4-7,9,13H,8H2,1-3H3;1H/t9-;/m1./s1. The van der Waals surface area contributed by atoms with Crippen molar-refractivity contribution >= 4 is 18.3 Å². The van der Waals surface area contributed by atoms with Crippen LogP contribution in [-0.2, 0) is 11.3 Å². The first kappa shape index (κ1) is 14.9. The summed E-state index contributed by atoms with van der Waals surface area (Å²) < 4.78 is 0. The van der Waals surface area contributed by atoms with E-state index in [1.54, 1.807) is 31.4 Å². The number of hydrogen-bond donors (Lipinski definition) is 1. The zero-order valence-corrected chi connectivity index (χ0v) is 10.6. The summed E-state index contributed by atoms with van der Waals surface area (Å²) in [5.74, 6) is 0.0823. The van der Waals surface area contributed by atoms with Gasteiger partial charge in [-0.25, -0.2) is 0 Å². The van der Waals surface area contributed by atoms with Crippen molar-refractivity contribution in [3.63, 3.8) is 0 Å². The molecule has 1 aromatic rings. The molecule has 0 unspecified atom stereocenters. The van der Waals surface area contributed by atoms with Crippen molar-refractivity contribution < 1.29 is 4.79 Å². The van der Waals surface area contributed by atoms with Gasteiger partial charge >= 0.3 is 0 Å². The molecule has 90 valence electrons. The molecule has 0 saturated heterocycles. The zero-order chi connectivity index (χ0) is 11.3. The Morgan fingerprint density at radius 1 is 1.56 bits per heavy atom. The summed E-state index contributed by atoms with van der Waals surface area (Å²) in [6, 6.07) is 3.70. The van der Waals surface area contributed by atoms with Gasteiger partial charge in [0.25, 0.3) is 0 Å². The van der Waals surface area contributed by atoms with Gasteiger partial charge in [-0.2, -0.15) is 0 Å². The van der Waals surface area contributed by atoms with E-state index in [1.807, 2.05) is 19.1 Å². The number of amides is 1. The van der Waals surface area contributed by atoms with Crippen molar-refractivity contribution in [3.8, 4) is 0 Å². The topological polar surface area (TPSA) is 45.2 Å². The van der Waals surface area contributed by atoms with Gasteiger partial charge in [0.1, 0.15) is 0 Å². The molecule has 0 saturated carbocycles. The fourth-order valence-corrected chi connectivity index (χ4v) is 1.25. The van der Waals surface area contributed by atoms with Crippen LogP contribution in [0.25, 0.3) is 0 Å². The number of rotatable bonds is 4. The van der Waals surface area contributed by atoms with E-state index in [0.717, 1.165) is 5.56 Å². The summed E-state index contributed by atoms with van der Waals surface area (Å²) >= 11 is 0. The molecule has 1 N–H and O–H groups in total. The van der Waals surface area contributed by atoms with Crippen LogP contribution in [0.5, 0.6) is 0 Å². The monoisotopic (exact) mass is 243 g/mol. The lowest BCUT2D eigenvalue weighted by Gasteiger charge is -2.17. The van der Waals surface area contributed by atoms with Crippen LogP contribution in [0.3, 0.4) is 0 Å². The Hall–Kier alpha value is -1.13. The van der Waals surface area contributed by atoms with Crippen LogP contribution < -0.4 is 5.32 Å². The molecule has 0 radical (unpaired) electrons. The molecule has 0 bridgehead atoms. The molecule has 1 heterocycles. The van der Waals surface area contributed by atoms with Gasteiger partial charge in [0, 0.05) is 33.0 Å². The minimum Gasteiger partial charge on any atom is -0.347 e. The number of carbonyl (C=O) groups is 1. The summed E-state index contributed by atoms with van der Waals surface area (Å²) in [6.45, 7) is 2.52.